The van der Waals surface area contributed by atoms with Crippen molar-refractivity contribution < 1.29 is 23.2 Å². The van der Waals surface area contributed by atoms with Crippen LogP contribution in [0.25, 0.3) is 0 Å². The van der Waals surface area contributed by atoms with Crippen LogP contribution in [0.4, 0.5) is 0 Å². The zero-order chi connectivity index (χ0) is 14.2. The molecule has 7 nitrogen and oxygen atoms in total. The summed E-state index contributed by atoms with van der Waals surface area (Å²) in [6.07, 6.45) is 1.55. The number of hydrogen-bond acceptors (Lipinski definition) is 4. The number of aromatic amines is 1. The molecule has 1 aliphatic rings. The third-order valence-electron chi connectivity index (χ3n) is 3.08. The van der Waals surface area contributed by atoms with E-state index in [-0.39, 0.29) is 22.7 Å². The summed E-state index contributed by atoms with van der Waals surface area (Å²) in [7, 11) is -3.82. The molecule has 0 bridgehead atoms. The summed E-state index contributed by atoms with van der Waals surface area (Å²) in [6.45, 7) is 3.66. The molecule has 0 radical (unpaired) electrons. The van der Waals surface area contributed by atoms with Crippen molar-refractivity contribution in [1.29, 1.82) is 0 Å². The molecule has 2 heterocycles. The predicted octanol–water partition coefficient (Wildman–Crippen LogP) is 1.05. The zero-order valence-electron chi connectivity index (χ0n) is 10.8. The number of carboxylic acid groups (broad SMARTS) is 1. The molecule has 2 N–H and O–H groups in total. The van der Waals surface area contributed by atoms with Crippen LogP contribution in [0.15, 0.2) is 4.90 Å². The van der Waals surface area contributed by atoms with E-state index in [0.29, 0.717) is 12.3 Å². The number of carbonyl (C=O) groups is 1. The van der Waals surface area contributed by atoms with Gasteiger partial charge in [0.2, 0.25) is 0 Å². The lowest BCUT2D eigenvalue weighted by Crippen LogP contribution is -2.36. The van der Waals surface area contributed by atoms with Gasteiger partial charge in [0.15, 0.2) is 0 Å². The molecule has 2 rings (SSSR count). The summed E-state index contributed by atoms with van der Waals surface area (Å²) >= 11 is 0. The highest BCUT2D eigenvalue weighted by Crippen LogP contribution is 2.27. The van der Waals surface area contributed by atoms with Gasteiger partial charge in [-0.2, -0.15) is 0 Å². The van der Waals surface area contributed by atoms with Gasteiger partial charge in [-0.15, -0.1) is 0 Å². The molecule has 106 valence electrons. The molecule has 19 heavy (non-hydrogen) atoms. The molecule has 1 aromatic heterocycles. The van der Waals surface area contributed by atoms with E-state index in [4.69, 9.17) is 9.94 Å². The van der Waals surface area contributed by atoms with Gasteiger partial charge in [-0.3, -0.25) is 4.84 Å². The zero-order valence-corrected chi connectivity index (χ0v) is 11.6. The SMILES string of the molecule is Cc1[nH]c(C(=O)O)c(C)c1S(=O)(=O)N1CCCCO1. The van der Waals surface area contributed by atoms with Crippen LogP contribution >= 0.6 is 0 Å². The number of aromatic carboxylic acids is 1. The second-order valence-corrected chi connectivity index (χ2v) is 6.22. The molecule has 0 aliphatic carbocycles. The Kier molecular flexibility index (Phi) is 3.66. The highest BCUT2D eigenvalue weighted by molar-refractivity contribution is 7.89. The lowest BCUT2D eigenvalue weighted by atomic mass is 10.2. The van der Waals surface area contributed by atoms with Crippen LogP contribution in [0.3, 0.4) is 0 Å². The maximum atomic E-state index is 12.5. The molecular weight excluding hydrogens is 272 g/mol. The molecule has 8 heteroatoms. The molecule has 0 spiro atoms. The van der Waals surface area contributed by atoms with Crippen molar-refractivity contribution in [2.45, 2.75) is 31.6 Å². The van der Waals surface area contributed by atoms with Gasteiger partial charge in [0.05, 0.1) is 6.61 Å². The Bertz CT molecular complexity index is 599. The standard InChI is InChI=1S/C11H16N2O5S/c1-7-9(11(14)15)12-8(2)10(7)19(16,17)13-5-3-4-6-18-13/h12H,3-6H2,1-2H3,(H,14,15). The van der Waals surface area contributed by atoms with Gasteiger partial charge in [0.25, 0.3) is 10.0 Å². The Morgan fingerprint density at radius 1 is 1.37 bits per heavy atom. The van der Waals surface area contributed by atoms with E-state index in [1.165, 1.54) is 13.8 Å². The quantitative estimate of drug-likeness (QED) is 0.865. The number of hydrogen-bond donors (Lipinski definition) is 2. The Morgan fingerprint density at radius 3 is 2.53 bits per heavy atom. The fraction of sp³-hybridized carbons (Fsp3) is 0.545. The third-order valence-corrected chi connectivity index (χ3v) is 5.03. The van der Waals surface area contributed by atoms with E-state index >= 15 is 0 Å². The first-order valence-corrected chi connectivity index (χ1v) is 7.38. The smallest absolute Gasteiger partial charge is 0.352 e. The average molecular weight is 288 g/mol. The minimum atomic E-state index is -3.82. The third kappa shape index (κ3) is 2.38. The normalized spacial score (nSPS) is 17.6. The lowest BCUT2D eigenvalue weighted by molar-refractivity contribution is -0.108. The highest BCUT2D eigenvalue weighted by atomic mass is 32.2. The molecule has 0 atom stereocenters. The molecule has 0 aromatic carbocycles. The first-order valence-electron chi connectivity index (χ1n) is 5.94. The number of nitrogens with one attached hydrogen (secondary N) is 1. The van der Waals surface area contributed by atoms with E-state index in [2.05, 4.69) is 4.98 Å². The van der Waals surface area contributed by atoms with Crippen LogP contribution in [-0.2, 0) is 14.9 Å². The van der Waals surface area contributed by atoms with E-state index in [1.807, 2.05) is 0 Å². The molecule has 0 saturated carbocycles. The Labute approximate surface area is 111 Å². The maximum Gasteiger partial charge on any atom is 0.352 e. The Hall–Kier alpha value is -1.38. The highest BCUT2D eigenvalue weighted by Gasteiger charge is 2.33. The largest absolute Gasteiger partial charge is 0.477 e. The van der Waals surface area contributed by atoms with Crippen LogP contribution in [0, 0.1) is 13.8 Å². The summed E-state index contributed by atoms with van der Waals surface area (Å²) in [4.78, 5) is 18.8. The van der Waals surface area contributed by atoms with Gasteiger partial charge in [0, 0.05) is 17.8 Å². The first kappa shape index (κ1) is 14.0. The van der Waals surface area contributed by atoms with Gasteiger partial charge in [-0.1, -0.05) is 4.47 Å². The van der Waals surface area contributed by atoms with Crippen molar-refractivity contribution in [3.63, 3.8) is 0 Å². The number of nitrogens with zero attached hydrogens (tertiary/aromatic N) is 1. The summed E-state index contributed by atoms with van der Waals surface area (Å²) in [5.74, 6) is -1.18. The number of hydroxylamine groups is 1. The van der Waals surface area contributed by atoms with Crippen molar-refractivity contribution in [1.82, 2.24) is 9.45 Å². The van der Waals surface area contributed by atoms with Crippen LogP contribution in [-0.4, -0.2) is 42.1 Å². The van der Waals surface area contributed by atoms with Crippen molar-refractivity contribution in [3.8, 4) is 0 Å². The molecule has 1 aliphatic heterocycles. The van der Waals surface area contributed by atoms with Crippen LogP contribution < -0.4 is 0 Å². The monoisotopic (exact) mass is 288 g/mol. The Balaban J connectivity index is 2.48. The molecule has 1 fully saturated rings. The minimum Gasteiger partial charge on any atom is -0.477 e. The van der Waals surface area contributed by atoms with Crippen LogP contribution in [0.1, 0.15) is 34.6 Å². The fourth-order valence-corrected chi connectivity index (χ4v) is 3.91. The van der Waals surface area contributed by atoms with Gasteiger partial charge >= 0.3 is 5.97 Å². The fourth-order valence-electron chi connectivity index (χ4n) is 2.20. The molecule has 0 amide bonds. The summed E-state index contributed by atoms with van der Waals surface area (Å²) in [6, 6.07) is 0. The summed E-state index contributed by atoms with van der Waals surface area (Å²) < 4.78 is 25.9. The number of aryl methyl sites for hydroxylation is 1. The summed E-state index contributed by atoms with van der Waals surface area (Å²) in [5.41, 5.74) is 0.413. The van der Waals surface area contributed by atoms with Crippen molar-refractivity contribution in [2.75, 3.05) is 13.2 Å². The number of carboxylic acids is 1. The van der Waals surface area contributed by atoms with Gasteiger partial charge in [0.1, 0.15) is 10.6 Å². The first-order chi connectivity index (χ1) is 8.85. The second kappa shape index (κ2) is 4.95. The van der Waals surface area contributed by atoms with E-state index in [9.17, 15) is 13.2 Å². The van der Waals surface area contributed by atoms with Crippen molar-refractivity contribution in [2.24, 2.45) is 0 Å². The molecule has 1 saturated heterocycles. The van der Waals surface area contributed by atoms with E-state index in [1.54, 1.807) is 0 Å². The molecular formula is C11H16N2O5S. The van der Waals surface area contributed by atoms with Crippen LogP contribution in [0.2, 0.25) is 0 Å². The lowest BCUT2D eigenvalue weighted by Gasteiger charge is -2.25. The average Bonchev–Trinajstić information content (AvgIpc) is 2.66. The topological polar surface area (TPSA) is 99.7 Å². The van der Waals surface area contributed by atoms with E-state index in [0.717, 1.165) is 17.3 Å². The van der Waals surface area contributed by atoms with Crippen molar-refractivity contribution >= 4 is 16.0 Å². The molecule has 0 unspecified atom stereocenters. The van der Waals surface area contributed by atoms with Crippen LogP contribution in [0.5, 0.6) is 0 Å². The van der Waals surface area contributed by atoms with Crippen molar-refractivity contribution in [3.05, 3.63) is 17.0 Å². The molecule has 1 aromatic rings. The number of aromatic nitrogens is 1. The number of H-pyrrole nitrogens is 1. The van der Waals surface area contributed by atoms with E-state index < -0.39 is 16.0 Å². The Morgan fingerprint density at radius 2 is 2.05 bits per heavy atom. The maximum absolute atomic E-state index is 12.5. The van der Waals surface area contributed by atoms with Gasteiger partial charge in [-0.25, -0.2) is 13.2 Å². The minimum absolute atomic E-state index is 0.00759. The number of sulfonamides is 1. The summed E-state index contributed by atoms with van der Waals surface area (Å²) in [5, 5.41) is 9.01. The number of rotatable bonds is 3. The predicted molar refractivity (Wildman–Crippen MR) is 66.3 cm³/mol. The second-order valence-electron chi connectivity index (χ2n) is 4.46. The van der Waals surface area contributed by atoms with Gasteiger partial charge in [-0.05, 0) is 26.7 Å². The van der Waals surface area contributed by atoms with Gasteiger partial charge < -0.3 is 10.1 Å².